The molecule has 4 rings (SSSR count). The number of aromatic hydroxyl groups is 1. The number of halogens is 1. The molecular weight excluding hydrogens is 379 g/mol. The van der Waals surface area contributed by atoms with Crippen molar-refractivity contribution < 1.29 is 28.6 Å². The highest BCUT2D eigenvalue weighted by Crippen LogP contribution is 2.50. The van der Waals surface area contributed by atoms with Crippen molar-refractivity contribution in [2.24, 2.45) is 11.8 Å². The smallest absolute Gasteiger partial charge is 0.326 e. The lowest BCUT2D eigenvalue weighted by atomic mass is 9.80. The zero-order valence-electron chi connectivity index (χ0n) is 15.8. The SMILES string of the molecule is COC(=O)[C@@]1(C)N[C@@H](c2ccc(O)cc2)[C@H]2C(=O)N(c3ccc(F)cc3)C(=O)[C@@H]21. The number of benzene rings is 2. The van der Waals surface area contributed by atoms with E-state index in [0.717, 1.165) is 4.90 Å². The molecule has 2 heterocycles. The second kappa shape index (κ2) is 6.66. The molecule has 0 bridgehead atoms. The summed E-state index contributed by atoms with van der Waals surface area (Å²) < 4.78 is 18.2. The van der Waals surface area contributed by atoms with E-state index < -0.39 is 47.0 Å². The van der Waals surface area contributed by atoms with Crippen LogP contribution >= 0.6 is 0 Å². The maximum Gasteiger partial charge on any atom is 0.326 e. The summed E-state index contributed by atoms with van der Waals surface area (Å²) in [7, 11) is 1.22. The number of esters is 1. The molecule has 2 saturated heterocycles. The minimum atomic E-state index is -1.43. The summed E-state index contributed by atoms with van der Waals surface area (Å²) in [4.78, 5) is 40.2. The molecule has 8 heteroatoms. The van der Waals surface area contributed by atoms with Gasteiger partial charge >= 0.3 is 5.97 Å². The number of rotatable bonds is 3. The minimum absolute atomic E-state index is 0.0563. The Bertz CT molecular complexity index is 991. The molecule has 7 nitrogen and oxygen atoms in total. The normalized spacial score (nSPS) is 28.5. The first-order chi connectivity index (χ1) is 13.8. The lowest BCUT2D eigenvalue weighted by molar-refractivity contribution is -0.151. The average molecular weight is 398 g/mol. The van der Waals surface area contributed by atoms with Crippen LogP contribution in [-0.2, 0) is 19.1 Å². The zero-order chi connectivity index (χ0) is 20.9. The van der Waals surface area contributed by atoms with Crippen molar-refractivity contribution in [1.29, 1.82) is 0 Å². The van der Waals surface area contributed by atoms with Gasteiger partial charge in [0.25, 0.3) is 0 Å². The Morgan fingerprint density at radius 1 is 1.10 bits per heavy atom. The summed E-state index contributed by atoms with van der Waals surface area (Å²) in [6.45, 7) is 1.54. The van der Waals surface area contributed by atoms with E-state index in [0.29, 0.717) is 5.56 Å². The lowest BCUT2D eigenvalue weighted by Gasteiger charge is -2.28. The monoisotopic (exact) mass is 398 g/mol. The van der Waals surface area contributed by atoms with Crippen molar-refractivity contribution in [3.63, 3.8) is 0 Å². The molecule has 2 amide bonds. The van der Waals surface area contributed by atoms with Crippen LogP contribution in [0.4, 0.5) is 10.1 Å². The van der Waals surface area contributed by atoms with Gasteiger partial charge in [-0.05, 0) is 48.9 Å². The van der Waals surface area contributed by atoms with Gasteiger partial charge in [0.1, 0.15) is 17.1 Å². The number of nitrogens with one attached hydrogen (secondary N) is 1. The van der Waals surface area contributed by atoms with Gasteiger partial charge in [0, 0.05) is 6.04 Å². The summed E-state index contributed by atoms with van der Waals surface area (Å²) in [5.41, 5.74) is -0.538. The molecule has 2 aromatic carbocycles. The number of phenols is 1. The molecule has 0 aromatic heterocycles. The summed E-state index contributed by atoms with van der Waals surface area (Å²) in [6, 6.07) is 10.6. The highest BCUT2D eigenvalue weighted by Gasteiger charge is 2.67. The van der Waals surface area contributed by atoms with Crippen LogP contribution in [0.15, 0.2) is 48.5 Å². The summed E-state index contributed by atoms with van der Waals surface area (Å²) in [5, 5.41) is 12.7. The standard InChI is InChI=1S/C21H19FN2O5/c1-21(20(28)29-2)16-15(17(23-21)11-3-9-14(25)10-4-11)18(26)24(19(16)27)13-7-5-12(22)6-8-13/h3-10,15-17,23,25H,1-2H3/t15-,16+,17-,21-/m0/s1. The largest absolute Gasteiger partial charge is 0.508 e. The zero-order valence-corrected chi connectivity index (χ0v) is 15.8. The number of hydrogen-bond acceptors (Lipinski definition) is 6. The van der Waals surface area contributed by atoms with Crippen LogP contribution in [0.5, 0.6) is 5.75 Å². The van der Waals surface area contributed by atoms with Crippen molar-refractivity contribution in [2.75, 3.05) is 12.0 Å². The van der Waals surface area contributed by atoms with E-state index in [4.69, 9.17) is 4.74 Å². The fourth-order valence-corrected chi connectivity index (χ4v) is 4.35. The molecule has 2 fully saturated rings. The second-order valence-corrected chi connectivity index (χ2v) is 7.40. The number of hydrogen-bond donors (Lipinski definition) is 2. The van der Waals surface area contributed by atoms with Crippen LogP contribution in [-0.4, -0.2) is 35.5 Å². The number of imide groups is 1. The third-order valence-electron chi connectivity index (χ3n) is 5.73. The molecule has 29 heavy (non-hydrogen) atoms. The van der Waals surface area contributed by atoms with E-state index in [9.17, 15) is 23.9 Å². The number of amides is 2. The molecule has 0 saturated carbocycles. The van der Waals surface area contributed by atoms with Crippen molar-refractivity contribution in [3.8, 4) is 5.75 Å². The Balaban J connectivity index is 1.81. The van der Waals surface area contributed by atoms with Crippen molar-refractivity contribution in [3.05, 3.63) is 59.9 Å². The predicted molar refractivity (Wildman–Crippen MR) is 100 cm³/mol. The van der Waals surface area contributed by atoms with E-state index >= 15 is 0 Å². The van der Waals surface area contributed by atoms with Gasteiger partial charge in [0.15, 0.2) is 0 Å². The molecule has 150 valence electrons. The van der Waals surface area contributed by atoms with Crippen LogP contribution in [0, 0.1) is 17.7 Å². The topological polar surface area (TPSA) is 95.9 Å². The maximum atomic E-state index is 13.3. The first kappa shape index (κ1) is 19.1. The summed E-state index contributed by atoms with van der Waals surface area (Å²) in [5.74, 6) is -3.97. The predicted octanol–water partition coefficient (Wildman–Crippen LogP) is 1.91. The van der Waals surface area contributed by atoms with Gasteiger partial charge in [-0.15, -0.1) is 0 Å². The van der Waals surface area contributed by atoms with Gasteiger partial charge in [-0.25, -0.2) is 9.29 Å². The van der Waals surface area contributed by atoms with E-state index in [1.165, 1.54) is 50.4 Å². The number of fused-ring (bicyclic) bond motifs is 1. The van der Waals surface area contributed by atoms with Crippen LogP contribution in [0.25, 0.3) is 0 Å². The van der Waals surface area contributed by atoms with Crippen LogP contribution in [0.1, 0.15) is 18.5 Å². The Morgan fingerprint density at radius 3 is 2.31 bits per heavy atom. The lowest BCUT2D eigenvalue weighted by Crippen LogP contribution is -2.54. The minimum Gasteiger partial charge on any atom is -0.508 e. The first-order valence-corrected chi connectivity index (χ1v) is 9.06. The first-order valence-electron chi connectivity index (χ1n) is 9.06. The Morgan fingerprint density at radius 2 is 1.72 bits per heavy atom. The van der Waals surface area contributed by atoms with E-state index in [2.05, 4.69) is 5.32 Å². The van der Waals surface area contributed by atoms with Crippen LogP contribution in [0.2, 0.25) is 0 Å². The molecule has 2 aliphatic heterocycles. The molecule has 0 unspecified atom stereocenters. The fraction of sp³-hybridized carbons (Fsp3) is 0.286. The maximum absolute atomic E-state index is 13.3. The fourth-order valence-electron chi connectivity index (χ4n) is 4.35. The number of ether oxygens (including phenoxy) is 1. The van der Waals surface area contributed by atoms with Gasteiger partial charge in [0.2, 0.25) is 11.8 Å². The van der Waals surface area contributed by atoms with Gasteiger partial charge < -0.3 is 9.84 Å². The van der Waals surface area contributed by atoms with Gasteiger partial charge in [-0.2, -0.15) is 0 Å². The number of anilines is 1. The molecule has 4 atom stereocenters. The molecule has 2 aromatic rings. The van der Waals surface area contributed by atoms with E-state index in [1.807, 2.05) is 0 Å². The van der Waals surface area contributed by atoms with Crippen LogP contribution < -0.4 is 10.2 Å². The van der Waals surface area contributed by atoms with Gasteiger partial charge in [-0.3, -0.25) is 19.7 Å². The number of methoxy groups -OCH3 is 1. The number of carbonyl (C=O) groups excluding carboxylic acids is 3. The molecule has 0 aliphatic carbocycles. The van der Waals surface area contributed by atoms with Crippen molar-refractivity contribution in [1.82, 2.24) is 5.32 Å². The highest BCUT2D eigenvalue weighted by atomic mass is 19.1. The van der Waals surface area contributed by atoms with E-state index in [1.54, 1.807) is 12.1 Å². The third kappa shape index (κ3) is 2.79. The molecule has 2 aliphatic rings. The molecule has 0 radical (unpaired) electrons. The van der Waals surface area contributed by atoms with E-state index in [-0.39, 0.29) is 11.4 Å². The second-order valence-electron chi connectivity index (χ2n) is 7.40. The number of nitrogens with zero attached hydrogens (tertiary/aromatic N) is 1. The van der Waals surface area contributed by atoms with Crippen molar-refractivity contribution >= 4 is 23.5 Å². The number of carbonyl (C=O) groups is 3. The average Bonchev–Trinajstić information content (AvgIpc) is 3.17. The highest BCUT2D eigenvalue weighted by molar-refractivity contribution is 6.24. The number of phenolic OH excluding ortho intramolecular Hbond substituents is 1. The van der Waals surface area contributed by atoms with Gasteiger partial charge in [0.05, 0.1) is 24.6 Å². The summed E-state index contributed by atoms with van der Waals surface area (Å²) >= 11 is 0. The molecule has 0 spiro atoms. The Hall–Kier alpha value is -3.26. The summed E-state index contributed by atoms with van der Waals surface area (Å²) in [6.07, 6.45) is 0. The molecular formula is C21H19FN2O5. The quantitative estimate of drug-likeness (QED) is 0.606. The van der Waals surface area contributed by atoms with Crippen LogP contribution in [0.3, 0.4) is 0 Å². The third-order valence-corrected chi connectivity index (χ3v) is 5.73. The Labute approximate surface area is 166 Å². The Kier molecular flexibility index (Phi) is 4.38. The van der Waals surface area contributed by atoms with Gasteiger partial charge in [-0.1, -0.05) is 12.1 Å². The molecule has 2 N–H and O–H groups in total. The van der Waals surface area contributed by atoms with Crippen molar-refractivity contribution in [2.45, 2.75) is 18.5 Å².